The number of carbonyl (C=O) groups is 1. The summed E-state index contributed by atoms with van der Waals surface area (Å²) in [6.07, 6.45) is 0. The van der Waals surface area contributed by atoms with Crippen LogP contribution in [-0.2, 0) is 0 Å². The third-order valence-corrected chi connectivity index (χ3v) is 2.73. The molecule has 0 unspecified atom stereocenters. The number of hydrogen-bond donors (Lipinski definition) is 0. The fraction of sp³-hybridized carbons (Fsp3) is 0.188. The fourth-order valence-corrected chi connectivity index (χ4v) is 1.76. The topological polar surface area (TPSA) is 17.1 Å². The Balaban J connectivity index is 0.000000771. The van der Waals surface area contributed by atoms with Crippen LogP contribution in [0, 0.1) is 6.92 Å². The van der Waals surface area contributed by atoms with Crippen LogP contribution in [0.25, 0.3) is 0 Å². The predicted molar refractivity (Wildman–Crippen MR) is 77.4 cm³/mol. The zero-order valence-electron chi connectivity index (χ0n) is 10.9. The maximum absolute atomic E-state index is 12.1. The van der Waals surface area contributed by atoms with Crippen LogP contribution in [0.2, 0.25) is 5.02 Å². The van der Waals surface area contributed by atoms with E-state index in [9.17, 15) is 4.79 Å². The van der Waals surface area contributed by atoms with Gasteiger partial charge in [-0.05, 0) is 19.1 Å². The molecule has 0 aliphatic carbocycles. The molecule has 18 heavy (non-hydrogen) atoms. The van der Waals surface area contributed by atoms with Crippen molar-refractivity contribution in [3.05, 3.63) is 70.2 Å². The molecule has 0 heterocycles. The maximum Gasteiger partial charge on any atom is 0.194 e. The lowest BCUT2D eigenvalue weighted by Crippen LogP contribution is -2.02. The van der Waals surface area contributed by atoms with E-state index >= 15 is 0 Å². The van der Waals surface area contributed by atoms with Crippen LogP contribution in [0.15, 0.2) is 48.5 Å². The highest BCUT2D eigenvalue weighted by Crippen LogP contribution is 2.20. The molecule has 0 saturated carbocycles. The number of carbonyl (C=O) groups excluding carboxylic acids is 1. The summed E-state index contributed by atoms with van der Waals surface area (Å²) < 4.78 is 0. The van der Waals surface area contributed by atoms with E-state index in [2.05, 4.69) is 0 Å². The third kappa shape index (κ3) is 3.44. The van der Waals surface area contributed by atoms with Crippen molar-refractivity contribution >= 4 is 17.4 Å². The highest BCUT2D eigenvalue weighted by atomic mass is 35.5. The van der Waals surface area contributed by atoms with E-state index in [4.69, 9.17) is 11.6 Å². The largest absolute Gasteiger partial charge is 0.289 e. The summed E-state index contributed by atoms with van der Waals surface area (Å²) in [6, 6.07) is 14.6. The molecule has 0 amide bonds. The third-order valence-electron chi connectivity index (χ3n) is 2.40. The molecule has 2 heteroatoms. The van der Waals surface area contributed by atoms with Crippen LogP contribution >= 0.6 is 11.6 Å². The molecule has 1 nitrogen and oxygen atoms in total. The SMILES string of the molecule is CC.Cc1ccc(Cl)c(C(=O)c2ccccc2)c1. The summed E-state index contributed by atoms with van der Waals surface area (Å²) in [5.41, 5.74) is 2.26. The summed E-state index contributed by atoms with van der Waals surface area (Å²) in [5, 5.41) is 0.499. The van der Waals surface area contributed by atoms with E-state index in [1.165, 1.54) is 0 Å². The average molecular weight is 261 g/mol. The van der Waals surface area contributed by atoms with Gasteiger partial charge in [-0.25, -0.2) is 0 Å². The Bertz CT molecular complexity index is 518. The van der Waals surface area contributed by atoms with Crippen molar-refractivity contribution in [1.29, 1.82) is 0 Å². The van der Waals surface area contributed by atoms with Gasteiger partial charge in [0.05, 0.1) is 5.02 Å². The van der Waals surface area contributed by atoms with Gasteiger partial charge in [-0.3, -0.25) is 4.79 Å². The van der Waals surface area contributed by atoms with E-state index in [-0.39, 0.29) is 5.78 Å². The van der Waals surface area contributed by atoms with Crippen LogP contribution in [0.1, 0.15) is 35.3 Å². The first kappa shape index (κ1) is 14.5. The molecule has 0 fully saturated rings. The molecule has 0 aromatic heterocycles. The van der Waals surface area contributed by atoms with Crippen molar-refractivity contribution < 1.29 is 4.79 Å². The van der Waals surface area contributed by atoms with Crippen molar-refractivity contribution in [2.45, 2.75) is 20.8 Å². The molecular formula is C16H17ClO. The number of benzene rings is 2. The van der Waals surface area contributed by atoms with Gasteiger partial charge >= 0.3 is 0 Å². The predicted octanol–water partition coefficient (Wildman–Crippen LogP) is 4.91. The Morgan fingerprint density at radius 2 is 1.61 bits per heavy atom. The molecule has 0 spiro atoms. The lowest BCUT2D eigenvalue weighted by Gasteiger charge is -2.04. The second kappa shape index (κ2) is 6.97. The van der Waals surface area contributed by atoms with Crippen molar-refractivity contribution in [1.82, 2.24) is 0 Å². The summed E-state index contributed by atoms with van der Waals surface area (Å²) in [5.74, 6) is -0.0331. The molecule has 0 atom stereocenters. The van der Waals surface area contributed by atoms with E-state index in [1.54, 1.807) is 18.2 Å². The van der Waals surface area contributed by atoms with Crippen LogP contribution in [-0.4, -0.2) is 5.78 Å². The van der Waals surface area contributed by atoms with E-state index < -0.39 is 0 Å². The first-order chi connectivity index (χ1) is 8.68. The molecule has 0 N–H and O–H groups in total. The Hall–Kier alpha value is -1.60. The van der Waals surface area contributed by atoms with E-state index in [1.807, 2.05) is 51.1 Å². The molecule has 0 saturated heterocycles. The number of ketones is 1. The van der Waals surface area contributed by atoms with Gasteiger partial charge in [-0.1, -0.05) is 67.4 Å². The number of halogens is 1. The van der Waals surface area contributed by atoms with E-state index in [0.717, 1.165) is 5.56 Å². The van der Waals surface area contributed by atoms with Gasteiger partial charge in [0, 0.05) is 11.1 Å². The molecular weight excluding hydrogens is 244 g/mol. The summed E-state index contributed by atoms with van der Waals surface area (Å²) in [4.78, 5) is 12.1. The van der Waals surface area contributed by atoms with Crippen LogP contribution < -0.4 is 0 Å². The van der Waals surface area contributed by atoms with Gasteiger partial charge in [0.2, 0.25) is 0 Å². The second-order valence-corrected chi connectivity index (χ2v) is 4.09. The lowest BCUT2D eigenvalue weighted by atomic mass is 10.0. The Morgan fingerprint density at radius 1 is 1.00 bits per heavy atom. The fourth-order valence-electron chi connectivity index (χ4n) is 1.56. The van der Waals surface area contributed by atoms with E-state index in [0.29, 0.717) is 16.1 Å². The number of rotatable bonds is 2. The molecule has 0 aliphatic rings. The monoisotopic (exact) mass is 260 g/mol. The molecule has 2 aromatic rings. The van der Waals surface area contributed by atoms with Crippen LogP contribution in [0.3, 0.4) is 0 Å². The zero-order chi connectivity index (χ0) is 13.5. The molecule has 0 aliphatic heterocycles. The summed E-state index contributed by atoms with van der Waals surface area (Å²) in [7, 11) is 0. The maximum atomic E-state index is 12.1. The first-order valence-electron chi connectivity index (χ1n) is 6.04. The van der Waals surface area contributed by atoms with Gasteiger partial charge < -0.3 is 0 Å². The molecule has 0 radical (unpaired) electrons. The quantitative estimate of drug-likeness (QED) is 0.702. The van der Waals surface area contributed by atoms with Gasteiger partial charge in [-0.2, -0.15) is 0 Å². The van der Waals surface area contributed by atoms with Gasteiger partial charge in [-0.15, -0.1) is 0 Å². The second-order valence-electron chi connectivity index (χ2n) is 3.68. The Morgan fingerprint density at radius 3 is 2.22 bits per heavy atom. The minimum atomic E-state index is -0.0331. The minimum absolute atomic E-state index is 0.0331. The van der Waals surface area contributed by atoms with Crippen LogP contribution in [0.5, 0.6) is 0 Å². The smallest absolute Gasteiger partial charge is 0.194 e. The van der Waals surface area contributed by atoms with Crippen molar-refractivity contribution in [3.63, 3.8) is 0 Å². The Labute approximate surface area is 113 Å². The molecule has 2 aromatic carbocycles. The first-order valence-corrected chi connectivity index (χ1v) is 6.42. The highest BCUT2D eigenvalue weighted by molar-refractivity contribution is 6.35. The number of hydrogen-bond acceptors (Lipinski definition) is 1. The molecule has 2 rings (SSSR count). The van der Waals surface area contributed by atoms with Crippen LogP contribution in [0.4, 0.5) is 0 Å². The standard InChI is InChI=1S/C14H11ClO.C2H6/c1-10-7-8-13(15)12(9-10)14(16)11-5-3-2-4-6-11;1-2/h2-9H,1H3;1-2H3. The molecule has 0 bridgehead atoms. The summed E-state index contributed by atoms with van der Waals surface area (Å²) >= 11 is 6.02. The Kier molecular flexibility index (Phi) is 5.60. The number of aryl methyl sites for hydroxylation is 1. The average Bonchev–Trinajstić information content (AvgIpc) is 2.44. The van der Waals surface area contributed by atoms with Gasteiger partial charge in [0.25, 0.3) is 0 Å². The van der Waals surface area contributed by atoms with Crippen molar-refractivity contribution in [3.8, 4) is 0 Å². The highest BCUT2D eigenvalue weighted by Gasteiger charge is 2.12. The lowest BCUT2D eigenvalue weighted by molar-refractivity contribution is 0.103. The summed E-state index contributed by atoms with van der Waals surface area (Å²) in [6.45, 7) is 5.94. The van der Waals surface area contributed by atoms with Crippen molar-refractivity contribution in [2.24, 2.45) is 0 Å². The minimum Gasteiger partial charge on any atom is -0.289 e. The normalized spacial score (nSPS) is 9.33. The van der Waals surface area contributed by atoms with Gasteiger partial charge in [0.15, 0.2) is 5.78 Å². The van der Waals surface area contributed by atoms with Gasteiger partial charge in [0.1, 0.15) is 0 Å². The zero-order valence-corrected chi connectivity index (χ0v) is 11.7. The van der Waals surface area contributed by atoms with Crippen molar-refractivity contribution in [2.75, 3.05) is 0 Å². The molecule has 94 valence electrons.